The first kappa shape index (κ1) is 16.9. The third-order valence-corrected chi connectivity index (χ3v) is 4.71. The highest BCUT2D eigenvalue weighted by Crippen LogP contribution is 2.40. The van der Waals surface area contributed by atoms with Gasteiger partial charge in [-0.25, -0.2) is 0 Å². The van der Waals surface area contributed by atoms with Crippen LogP contribution in [0.4, 0.5) is 11.4 Å². The molecule has 0 spiro atoms. The molecule has 1 fully saturated rings. The highest BCUT2D eigenvalue weighted by atomic mass is 32.2. The van der Waals surface area contributed by atoms with E-state index < -0.39 is 10.8 Å². The Bertz CT molecular complexity index is 942. The fraction of sp³-hybridized carbons (Fsp3) is 0. The van der Waals surface area contributed by atoms with Gasteiger partial charge in [-0.3, -0.25) is 19.8 Å². The van der Waals surface area contributed by atoms with E-state index in [1.54, 1.807) is 6.07 Å². The number of aromatic hydroxyl groups is 2. The maximum Gasteiger partial charge on any atom is 0.293 e. The molecule has 1 heterocycles. The van der Waals surface area contributed by atoms with Gasteiger partial charge in [0.15, 0.2) is 15.8 Å². The minimum atomic E-state index is -0.574. The van der Waals surface area contributed by atoms with Crippen molar-refractivity contribution in [2.45, 2.75) is 0 Å². The number of nitrogens with zero attached hydrogens (tertiary/aromatic N) is 2. The molecule has 0 aromatic heterocycles. The SMILES string of the molecule is O=C1/C(=C/c2ccc(O)c(O)c2)SC(=S)N1c1ccccc1[N+](=O)[O-]. The zero-order valence-electron chi connectivity index (χ0n) is 12.4. The summed E-state index contributed by atoms with van der Waals surface area (Å²) in [5.41, 5.74) is 0.368. The van der Waals surface area contributed by atoms with E-state index in [4.69, 9.17) is 12.2 Å². The number of nitro benzene ring substituents is 1. The number of para-hydroxylation sites is 2. The lowest BCUT2D eigenvalue weighted by Crippen LogP contribution is -2.28. The maximum atomic E-state index is 12.7. The monoisotopic (exact) mass is 374 g/mol. The molecule has 126 valence electrons. The molecule has 2 N–H and O–H groups in total. The van der Waals surface area contributed by atoms with Crippen LogP contribution in [0.1, 0.15) is 5.56 Å². The first-order chi connectivity index (χ1) is 11.9. The van der Waals surface area contributed by atoms with Crippen LogP contribution in [0.15, 0.2) is 47.4 Å². The van der Waals surface area contributed by atoms with Gasteiger partial charge in [-0.15, -0.1) is 0 Å². The summed E-state index contributed by atoms with van der Waals surface area (Å²) < 4.78 is 0.175. The second-order valence-electron chi connectivity index (χ2n) is 5.01. The van der Waals surface area contributed by atoms with Crippen LogP contribution in [0, 0.1) is 10.1 Å². The van der Waals surface area contributed by atoms with Gasteiger partial charge >= 0.3 is 0 Å². The number of benzene rings is 2. The number of phenols is 2. The van der Waals surface area contributed by atoms with E-state index in [0.29, 0.717) is 5.56 Å². The summed E-state index contributed by atoms with van der Waals surface area (Å²) in [6, 6.07) is 9.97. The zero-order valence-corrected chi connectivity index (χ0v) is 14.1. The summed E-state index contributed by atoms with van der Waals surface area (Å²) in [5, 5.41) is 30.1. The lowest BCUT2D eigenvalue weighted by atomic mass is 10.2. The number of hydrogen-bond acceptors (Lipinski definition) is 7. The molecule has 7 nitrogen and oxygen atoms in total. The third-order valence-electron chi connectivity index (χ3n) is 3.41. The number of thioether (sulfide) groups is 1. The van der Waals surface area contributed by atoms with E-state index >= 15 is 0 Å². The van der Waals surface area contributed by atoms with E-state index in [-0.39, 0.29) is 32.1 Å². The number of carbonyl (C=O) groups excluding carboxylic acids is 1. The Balaban J connectivity index is 1.99. The Hall–Kier alpha value is -2.91. The Morgan fingerprint density at radius 1 is 1.16 bits per heavy atom. The molecule has 25 heavy (non-hydrogen) atoms. The van der Waals surface area contributed by atoms with E-state index in [1.807, 2.05) is 0 Å². The number of phenolic OH excluding ortho intramolecular Hbond substituents is 2. The van der Waals surface area contributed by atoms with Gasteiger partial charge in [0.2, 0.25) is 0 Å². The Labute approximate surface area is 151 Å². The van der Waals surface area contributed by atoms with E-state index in [1.165, 1.54) is 42.5 Å². The van der Waals surface area contributed by atoms with Gasteiger partial charge in [0.25, 0.3) is 11.6 Å². The highest BCUT2D eigenvalue weighted by Gasteiger charge is 2.36. The molecule has 3 rings (SSSR count). The predicted molar refractivity (Wildman–Crippen MR) is 98.5 cm³/mol. The highest BCUT2D eigenvalue weighted by molar-refractivity contribution is 8.27. The summed E-state index contributed by atoms with van der Waals surface area (Å²) >= 11 is 6.20. The van der Waals surface area contributed by atoms with E-state index in [9.17, 15) is 25.1 Å². The molecule has 1 aliphatic rings. The maximum absolute atomic E-state index is 12.7. The third kappa shape index (κ3) is 3.19. The van der Waals surface area contributed by atoms with Gasteiger partial charge in [0, 0.05) is 6.07 Å². The number of nitro groups is 1. The number of hydrogen-bond donors (Lipinski definition) is 2. The molecular formula is C16H10N2O5S2. The van der Waals surface area contributed by atoms with Crippen molar-refractivity contribution in [3.05, 3.63) is 63.0 Å². The Morgan fingerprint density at radius 3 is 2.56 bits per heavy atom. The molecular weight excluding hydrogens is 364 g/mol. The average Bonchev–Trinajstić information content (AvgIpc) is 2.84. The van der Waals surface area contributed by atoms with Crippen LogP contribution in [-0.4, -0.2) is 25.4 Å². The van der Waals surface area contributed by atoms with Crippen molar-refractivity contribution in [3.8, 4) is 11.5 Å². The van der Waals surface area contributed by atoms with Crippen molar-refractivity contribution in [2.75, 3.05) is 4.90 Å². The zero-order chi connectivity index (χ0) is 18.1. The minimum Gasteiger partial charge on any atom is -0.504 e. The summed E-state index contributed by atoms with van der Waals surface area (Å²) in [4.78, 5) is 24.6. The summed E-state index contributed by atoms with van der Waals surface area (Å²) in [6.07, 6.45) is 1.49. The first-order valence-electron chi connectivity index (χ1n) is 6.92. The van der Waals surface area contributed by atoms with E-state index in [2.05, 4.69) is 0 Å². The second-order valence-corrected chi connectivity index (χ2v) is 6.69. The molecule has 2 aromatic carbocycles. The molecule has 0 atom stereocenters. The smallest absolute Gasteiger partial charge is 0.293 e. The molecule has 0 bridgehead atoms. The van der Waals surface area contributed by atoms with Crippen LogP contribution in [0.5, 0.6) is 11.5 Å². The van der Waals surface area contributed by atoms with Crippen molar-refractivity contribution in [3.63, 3.8) is 0 Å². The quantitative estimate of drug-likeness (QED) is 0.279. The number of anilines is 1. The second kappa shape index (κ2) is 6.54. The topological polar surface area (TPSA) is 104 Å². The van der Waals surface area contributed by atoms with Crippen molar-refractivity contribution in [1.29, 1.82) is 0 Å². The largest absolute Gasteiger partial charge is 0.504 e. The van der Waals surface area contributed by atoms with Crippen LogP contribution < -0.4 is 4.90 Å². The minimum absolute atomic E-state index is 0.104. The van der Waals surface area contributed by atoms with Crippen molar-refractivity contribution >= 4 is 51.7 Å². The molecule has 1 amide bonds. The fourth-order valence-corrected chi connectivity index (χ4v) is 3.55. The van der Waals surface area contributed by atoms with Gasteiger partial charge < -0.3 is 10.2 Å². The van der Waals surface area contributed by atoms with Gasteiger partial charge in [0.1, 0.15) is 5.69 Å². The van der Waals surface area contributed by atoms with E-state index in [0.717, 1.165) is 16.7 Å². The molecule has 1 aliphatic heterocycles. The molecule has 0 unspecified atom stereocenters. The Kier molecular flexibility index (Phi) is 4.43. The molecule has 0 aliphatic carbocycles. The van der Waals surface area contributed by atoms with Crippen molar-refractivity contribution < 1.29 is 19.9 Å². The van der Waals surface area contributed by atoms with Gasteiger partial charge in [-0.2, -0.15) is 0 Å². The summed E-state index contributed by atoms with van der Waals surface area (Å²) in [5.74, 6) is -1.08. The van der Waals surface area contributed by atoms with Crippen LogP contribution in [0.2, 0.25) is 0 Å². The summed E-state index contributed by atoms with van der Waals surface area (Å²) in [6.45, 7) is 0. The van der Waals surface area contributed by atoms with Crippen molar-refractivity contribution in [1.82, 2.24) is 0 Å². The van der Waals surface area contributed by atoms with Gasteiger partial charge in [-0.05, 0) is 29.8 Å². The van der Waals surface area contributed by atoms with Crippen molar-refractivity contribution in [2.24, 2.45) is 0 Å². The molecule has 9 heteroatoms. The van der Waals surface area contributed by atoms with Gasteiger partial charge in [-0.1, -0.05) is 42.2 Å². The predicted octanol–water partition coefficient (Wildman–Crippen LogP) is 3.41. The standard InChI is InChI=1S/C16H10N2O5S2/c19-12-6-5-9(7-13(12)20)8-14-15(21)17(16(24)25-14)10-3-1-2-4-11(10)18(22)23/h1-8,19-20H/b14-8-. The van der Waals surface area contributed by atoms with Gasteiger partial charge in [0.05, 0.1) is 9.83 Å². The molecule has 0 radical (unpaired) electrons. The van der Waals surface area contributed by atoms with Crippen LogP contribution >= 0.6 is 24.0 Å². The first-order valence-corrected chi connectivity index (χ1v) is 8.14. The lowest BCUT2D eigenvalue weighted by molar-refractivity contribution is -0.384. The molecule has 2 aromatic rings. The fourth-order valence-electron chi connectivity index (χ4n) is 2.26. The Morgan fingerprint density at radius 2 is 1.88 bits per heavy atom. The number of amides is 1. The average molecular weight is 374 g/mol. The van der Waals surface area contributed by atoms with Crippen LogP contribution in [0.25, 0.3) is 6.08 Å². The lowest BCUT2D eigenvalue weighted by Gasteiger charge is -2.14. The number of carbonyl (C=O) groups is 1. The normalized spacial score (nSPS) is 15.8. The summed E-state index contributed by atoms with van der Waals surface area (Å²) in [7, 11) is 0. The van der Waals surface area contributed by atoms with Crippen LogP contribution in [0.3, 0.4) is 0 Å². The molecule has 1 saturated heterocycles. The number of rotatable bonds is 3. The van der Waals surface area contributed by atoms with Crippen LogP contribution in [-0.2, 0) is 4.79 Å². The number of thiocarbonyl (C=S) groups is 1. The molecule has 0 saturated carbocycles.